The van der Waals surface area contributed by atoms with Crippen LogP contribution < -0.4 is 0 Å². The Balaban J connectivity index is 1.93. The van der Waals surface area contributed by atoms with Crippen LogP contribution in [0.25, 0.3) is 0 Å². The predicted octanol–water partition coefficient (Wildman–Crippen LogP) is 1.48. The highest BCUT2D eigenvalue weighted by molar-refractivity contribution is 5.77. The Kier molecular flexibility index (Phi) is 2.11. The summed E-state index contributed by atoms with van der Waals surface area (Å²) in [4.78, 5) is 16.7. The van der Waals surface area contributed by atoms with Gasteiger partial charge in [0.05, 0.1) is 7.89 Å². The second-order valence-corrected chi connectivity index (χ2v) is 2.79. The summed E-state index contributed by atoms with van der Waals surface area (Å²) in [6.45, 7) is -0.315. The van der Waals surface area contributed by atoms with E-state index in [-0.39, 0.29) is 5.76 Å². The fourth-order valence-corrected chi connectivity index (χ4v) is 1.10. The average Bonchev–Trinajstić information content (AvgIpc) is 2.66. The van der Waals surface area contributed by atoms with E-state index in [9.17, 15) is 4.79 Å². The van der Waals surface area contributed by atoms with Crippen LogP contribution in [0.5, 0.6) is 0 Å². The SMILES string of the molecule is [2H]C1N=CC=C1OC(=O)N1C=CC=CC1. The maximum absolute atomic E-state index is 11.5. The van der Waals surface area contributed by atoms with E-state index < -0.39 is 12.6 Å². The standard InChI is InChI=1S/C10H10N2O2/c13-10(12-6-2-1-3-7-12)14-9-4-5-11-8-9/h1-6H,7-8H2/i8D. The molecule has 14 heavy (non-hydrogen) atoms. The lowest BCUT2D eigenvalue weighted by Gasteiger charge is -2.17. The molecular weight excluding hydrogens is 180 g/mol. The van der Waals surface area contributed by atoms with E-state index in [4.69, 9.17) is 6.11 Å². The van der Waals surface area contributed by atoms with Crippen molar-refractivity contribution in [3.63, 3.8) is 0 Å². The molecule has 0 radical (unpaired) electrons. The van der Waals surface area contributed by atoms with Crippen molar-refractivity contribution < 1.29 is 10.9 Å². The third kappa shape index (κ3) is 1.90. The van der Waals surface area contributed by atoms with Gasteiger partial charge in [0.25, 0.3) is 0 Å². The zero-order valence-corrected chi connectivity index (χ0v) is 7.46. The van der Waals surface area contributed by atoms with Crippen LogP contribution in [0.3, 0.4) is 0 Å². The lowest BCUT2D eigenvalue weighted by molar-refractivity contribution is 0.147. The molecule has 0 spiro atoms. The van der Waals surface area contributed by atoms with Crippen LogP contribution in [-0.2, 0) is 4.74 Å². The van der Waals surface area contributed by atoms with Crippen LogP contribution in [0.4, 0.5) is 4.79 Å². The van der Waals surface area contributed by atoms with E-state index in [1.807, 2.05) is 12.2 Å². The third-order valence-corrected chi connectivity index (χ3v) is 1.78. The quantitative estimate of drug-likeness (QED) is 0.630. The van der Waals surface area contributed by atoms with Gasteiger partial charge in [-0.1, -0.05) is 12.2 Å². The summed E-state index contributed by atoms with van der Waals surface area (Å²) in [6, 6.07) is 0. The molecule has 4 heteroatoms. The van der Waals surface area contributed by atoms with Crippen LogP contribution in [0.2, 0.25) is 0 Å². The van der Waals surface area contributed by atoms with Crippen LogP contribution in [0, 0.1) is 0 Å². The molecule has 0 saturated heterocycles. The minimum atomic E-state index is -0.807. The van der Waals surface area contributed by atoms with Gasteiger partial charge in [-0.15, -0.1) is 0 Å². The number of allylic oxidation sites excluding steroid dienone is 3. The number of aliphatic imine (C=N–C) groups is 1. The van der Waals surface area contributed by atoms with Gasteiger partial charge in [0.15, 0.2) is 0 Å². The van der Waals surface area contributed by atoms with Gasteiger partial charge in [-0.05, 0) is 12.2 Å². The van der Waals surface area contributed by atoms with Gasteiger partial charge in [-0.3, -0.25) is 9.89 Å². The van der Waals surface area contributed by atoms with Gasteiger partial charge < -0.3 is 4.74 Å². The molecule has 0 bridgehead atoms. The molecule has 4 nitrogen and oxygen atoms in total. The molecule has 0 fully saturated rings. The number of rotatable bonds is 1. The summed E-state index contributed by atoms with van der Waals surface area (Å²) in [5.41, 5.74) is 0. The molecule has 2 rings (SSSR count). The maximum Gasteiger partial charge on any atom is 0.419 e. The van der Waals surface area contributed by atoms with E-state index in [0.717, 1.165) is 0 Å². The molecule has 72 valence electrons. The zero-order chi connectivity index (χ0) is 10.7. The summed E-state index contributed by atoms with van der Waals surface area (Å²) in [5, 5.41) is 0. The summed E-state index contributed by atoms with van der Waals surface area (Å²) >= 11 is 0. The van der Waals surface area contributed by atoms with Crippen molar-refractivity contribution >= 4 is 12.3 Å². The van der Waals surface area contributed by atoms with Crippen molar-refractivity contribution in [2.45, 2.75) is 0 Å². The first-order valence-corrected chi connectivity index (χ1v) is 4.25. The molecule has 2 aliphatic heterocycles. The third-order valence-electron chi connectivity index (χ3n) is 1.78. The van der Waals surface area contributed by atoms with Crippen molar-refractivity contribution in [1.82, 2.24) is 4.90 Å². The molecule has 2 heterocycles. The van der Waals surface area contributed by atoms with Gasteiger partial charge in [-0.25, -0.2) is 4.79 Å². The van der Waals surface area contributed by atoms with E-state index in [2.05, 4.69) is 4.99 Å². The largest absolute Gasteiger partial charge is 0.419 e. The van der Waals surface area contributed by atoms with Gasteiger partial charge in [0.2, 0.25) is 0 Å². The van der Waals surface area contributed by atoms with Crippen molar-refractivity contribution in [3.8, 4) is 0 Å². The number of hydrogen-bond donors (Lipinski definition) is 0. The molecule has 1 atom stereocenters. The number of hydrogen-bond acceptors (Lipinski definition) is 3. The molecule has 0 aromatic heterocycles. The van der Waals surface area contributed by atoms with Crippen molar-refractivity contribution in [3.05, 3.63) is 36.3 Å². The monoisotopic (exact) mass is 191 g/mol. The van der Waals surface area contributed by atoms with E-state index in [1.54, 1.807) is 12.3 Å². The predicted molar refractivity (Wildman–Crippen MR) is 52.9 cm³/mol. The lowest BCUT2D eigenvalue weighted by Crippen LogP contribution is -2.27. The Morgan fingerprint density at radius 2 is 2.57 bits per heavy atom. The molecule has 1 amide bonds. The fourth-order valence-electron chi connectivity index (χ4n) is 1.10. The van der Waals surface area contributed by atoms with E-state index in [1.165, 1.54) is 17.2 Å². The maximum atomic E-state index is 11.5. The number of amides is 1. The summed E-state index contributed by atoms with van der Waals surface area (Å²) in [6.07, 6.45) is 9.60. The van der Waals surface area contributed by atoms with Gasteiger partial charge >= 0.3 is 6.09 Å². The van der Waals surface area contributed by atoms with Crippen LogP contribution in [0.15, 0.2) is 41.3 Å². The zero-order valence-electron chi connectivity index (χ0n) is 8.46. The minimum Gasteiger partial charge on any atom is -0.412 e. The molecule has 0 aliphatic carbocycles. The van der Waals surface area contributed by atoms with Crippen molar-refractivity contribution in [1.29, 1.82) is 0 Å². The average molecular weight is 191 g/mol. The van der Waals surface area contributed by atoms with Gasteiger partial charge in [0.1, 0.15) is 5.76 Å². The highest BCUT2D eigenvalue weighted by atomic mass is 16.6. The topological polar surface area (TPSA) is 41.9 Å². The minimum absolute atomic E-state index is 0.267. The van der Waals surface area contributed by atoms with Crippen LogP contribution in [0.1, 0.15) is 1.37 Å². The molecular formula is C10H10N2O2. The summed E-state index contributed by atoms with van der Waals surface area (Å²) in [5.74, 6) is 0.267. The first-order chi connectivity index (χ1) is 7.27. The van der Waals surface area contributed by atoms with Crippen LogP contribution in [-0.4, -0.2) is 30.3 Å². The Hall–Kier alpha value is -1.84. The second-order valence-electron chi connectivity index (χ2n) is 2.79. The lowest BCUT2D eigenvalue weighted by atomic mass is 10.4. The molecule has 0 aromatic rings. The first kappa shape index (κ1) is 7.55. The van der Waals surface area contributed by atoms with Crippen molar-refractivity contribution in [2.24, 2.45) is 4.99 Å². The Labute approximate surface area is 83.3 Å². The van der Waals surface area contributed by atoms with Gasteiger partial charge in [0, 0.05) is 19.0 Å². The Bertz CT molecular complexity index is 385. The van der Waals surface area contributed by atoms with E-state index in [0.29, 0.717) is 6.54 Å². The van der Waals surface area contributed by atoms with Crippen LogP contribution >= 0.6 is 0 Å². The highest BCUT2D eigenvalue weighted by Gasteiger charge is 2.14. The Morgan fingerprint density at radius 3 is 3.21 bits per heavy atom. The highest BCUT2D eigenvalue weighted by Crippen LogP contribution is 2.08. The number of nitrogens with zero attached hydrogens (tertiary/aromatic N) is 2. The molecule has 0 aromatic carbocycles. The number of carbonyl (C=O) groups is 1. The molecule has 0 saturated carbocycles. The smallest absolute Gasteiger partial charge is 0.412 e. The molecule has 0 N–H and O–H groups in total. The van der Waals surface area contributed by atoms with Gasteiger partial charge in [-0.2, -0.15) is 0 Å². The Morgan fingerprint density at radius 1 is 1.64 bits per heavy atom. The fraction of sp³-hybridized carbons (Fsp3) is 0.200. The summed E-state index contributed by atoms with van der Waals surface area (Å²) < 4.78 is 12.4. The molecule has 2 aliphatic rings. The van der Waals surface area contributed by atoms with E-state index >= 15 is 0 Å². The normalized spacial score (nSPS) is 24.9. The second kappa shape index (κ2) is 3.91. The first-order valence-electron chi connectivity index (χ1n) is 4.82. The number of ether oxygens (including phenoxy) is 1. The summed E-state index contributed by atoms with van der Waals surface area (Å²) in [7, 11) is 0. The number of carbonyl (C=O) groups excluding carboxylic acids is 1. The molecule has 1 unspecified atom stereocenters. The van der Waals surface area contributed by atoms with Crippen molar-refractivity contribution in [2.75, 3.05) is 13.1 Å².